The highest BCUT2D eigenvalue weighted by Gasteiger charge is 2.42. The molecule has 3 unspecified atom stereocenters. The molecule has 2 aliphatic carbocycles. The van der Waals surface area contributed by atoms with E-state index in [-0.39, 0.29) is 5.41 Å². The van der Waals surface area contributed by atoms with Crippen LogP contribution in [0.1, 0.15) is 48.6 Å². The van der Waals surface area contributed by atoms with Crippen molar-refractivity contribution < 1.29 is 0 Å². The Morgan fingerprint density at radius 1 is 0.593 bits per heavy atom. The van der Waals surface area contributed by atoms with Gasteiger partial charge in [-0.3, -0.25) is 0 Å². The van der Waals surface area contributed by atoms with Crippen molar-refractivity contribution in [3.8, 4) is 27.9 Å². The van der Waals surface area contributed by atoms with Crippen LogP contribution >= 0.6 is 11.8 Å². The molecule has 0 radical (unpaired) electrons. The highest BCUT2D eigenvalue weighted by Crippen LogP contribution is 2.54. The van der Waals surface area contributed by atoms with Crippen molar-refractivity contribution in [2.24, 2.45) is 0 Å². The van der Waals surface area contributed by atoms with Gasteiger partial charge < -0.3 is 9.47 Å². The molecule has 284 valence electrons. The number of aromatic nitrogens is 1. The van der Waals surface area contributed by atoms with Crippen molar-refractivity contribution in [1.29, 1.82) is 0 Å². The van der Waals surface area contributed by atoms with Gasteiger partial charge in [0, 0.05) is 60.9 Å². The number of benzene rings is 7. The molecule has 7 aromatic carbocycles. The molecule has 1 aliphatic heterocycles. The summed E-state index contributed by atoms with van der Waals surface area (Å²) >= 11 is 1.98. The van der Waals surface area contributed by atoms with Gasteiger partial charge in [0.05, 0.1) is 5.52 Å². The summed E-state index contributed by atoms with van der Waals surface area (Å²) in [4.78, 5) is 3.76. The number of rotatable bonds is 7. The van der Waals surface area contributed by atoms with E-state index in [0.29, 0.717) is 11.2 Å². The van der Waals surface area contributed by atoms with E-state index in [0.717, 1.165) is 17.8 Å². The van der Waals surface area contributed by atoms with Gasteiger partial charge in [0.15, 0.2) is 0 Å². The number of allylic oxidation sites excluding steroid dienone is 4. The summed E-state index contributed by atoms with van der Waals surface area (Å²) in [6, 6.07) is 64.7. The molecule has 0 saturated heterocycles. The predicted octanol–water partition coefficient (Wildman–Crippen LogP) is 15.3. The SMILES string of the molecule is CC1CC(c2cccc(-c3ccc(N(c4ccc(-c5ccccc5)cc4)c4ccc5c(c4)SC4C=CC=CC54C)cc3)c2)=Cc2c1n(-c1ccccc1)c1ccccc21. The molecule has 3 atom stereocenters. The van der Waals surface area contributed by atoms with Crippen molar-refractivity contribution in [2.45, 2.75) is 41.7 Å². The number of fused-ring (bicyclic) bond motifs is 6. The maximum Gasteiger partial charge on any atom is 0.0537 e. The second kappa shape index (κ2) is 14.4. The Labute approximate surface area is 351 Å². The zero-order valence-corrected chi connectivity index (χ0v) is 34.1. The first-order chi connectivity index (χ1) is 29.0. The van der Waals surface area contributed by atoms with Gasteiger partial charge in [-0.25, -0.2) is 0 Å². The van der Waals surface area contributed by atoms with Crippen LogP contribution in [0, 0.1) is 0 Å². The van der Waals surface area contributed by atoms with Gasteiger partial charge in [-0.1, -0.05) is 153 Å². The third-order valence-corrected chi connectivity index (χ3v) is 14.2. The Morgan fingerprint density at radius 3 is 1.98 bits per heavy atom. The lowest BCUT2D eigenvalue weighted by molar-refractivity contribution is 0.620. The van der Waals surface area contributed by atoms with Gasteiger partial charge >= 0.3 is 0 Å². The summed E-state index contributed by atoms with van der Waals surface area (Å²) in [5, 5.41) is 1.72. The molecular weight excluding hydrogens is 733 g/mol. The summed E-state index contributed by atoms with van der Waals surface area (Å²) in [6.07, 6.45) is 12.6. The standard InChI is InChI=1S/C56H44N2S/c1-38-34-44(36-50-49-20-9-10-21-52(49)58(55(38)50)45-18-7-4-8-19-45)43-17-13-16-42(35-43)41-25-29-47(30-26-41)57(46-27-23-40(24-28-46)39-14-5-3-6-15-39)48-31-32-51-53(37-48)59-54-22-11-12-33-56(51,54)2/h3-33,35-38,54H,34H2,1-2H3. The monoisotopic (exact) mass is 776 g/mol. The van der Waals surface area contributed by atoms with Crippen molar-refractivity contribution in [3.05, 3.63) is 223 Å². The molecule has 0 spiro atoms. The molecule has 59 heavy (non-hydrogen) atoms. The van der Waals surface area contributed by atoms with Gasteiger partial charge in [0.1, 0.15) is 0 Å². The van der Waals surface area contributed by atoms with Crippen LogP contribution in [-0.4, -0.2) is 9.82 Å². The van der Waals surface area contributed by atoms with Crippen LogP contribution in [-0.2, 0) is 5.41 Å². The van der Waals surface area contributed by atoms with Crippen LogP contribution in [0.2, 0.25) is 0 Å². The third-order valence-electron chi connectivity index (χ3n) is 12.7. The van der Waals surface area contributed by atoms with Gasteiger partial charge in [-0.15, -0.1) is 11.8 Å². The van der Waals surface area contributed by atoms with Crippen molar-refractivity contribution in [2.75, 3.05) is 4.90 Å². The Kier molecular flexibility index (Phi) is 8.67. The van der Waals surface area contributed by atoms with Crippen LogP contribution < -0.4 is 4.90 Å². The predicted molar refractivity (Wildman–Crippen MR) is 251 cm³/mol. The zero-order chi connectivity index (χ0) is 39.5. The maximum atomic E-state index is 2.48. The Morgan fingerprint density at radius 2 is 1.22 bits per heavy atom. The Balaban J connectivity index is 0.948. The number of thioether (sulfide) groups is 1. The van der Waals surface area contributed by atoms with Crippen molar-refractivity contribution in [1.82, 2.24) is 4.57 Å². The molecule has 8 aromatic rings. The van der Waals surface area contributed by atoms with Crippen molar-refractivity contribution >= 4 is 51.4 Å². The smallest absolute Gasteiger partial charge is 0.0537 e. The van der Waals surface area contributed by atoms with Crippen LogP contribution in [0.25, 0.3) is 50.5 Å². The number of hydrogen-bond donors (Lipinski definition) is 0. The van der Waals surface area contributed by atoms with E-state index in [1.807, 2.05) is 11.8 Å². The van der Waals surface area contributed by atoms with E-state index in [1.54, 1.807) is 0 Å². The summed E-state index contributed by atoms with van der Waals surface area (Å²) < 4.78 is 2.48. The number of anilines is 3. The van der Waals surface area contributed by atoms with E-state index in [9.17, 15) is 0 Å². The molecular formula is C56H44N2S. The first kappa shape index (κ1) is 35.6. The quantitative estimate of drug-likeness (QED) is 0.159. The normalized spacial score (nSPS) is 18.9. The molecule has 11 rings (SSSR count). The number of hydrogen-bond acceptors (Lipinski definition) is 2. The molecule has 0 fully saturated rings. The lowest BCUT2D eigenvalue weighted by atomic mass is 9.77. The van der Waals surface area contributed by atoms with Crippen molar-refractivity contribution in [3.63, 3.8) is 0 Å². The minimum Gasteiger partial charge on any atom is -0.313 e. The van der Waals surface area contributed by atoms with Gasteiger partial charge in [-0.2, -0.15) is 0 Å². The van der Waals surface area contributed by atoms with Gasteiger partial charge in [0.2, 0.25) is 0 Å². The van der Waals surface area contributed by atoms with Gasteiger partial charge in [-0.05, 0) is 112 Å². The van der Waals surface area contributed by atoms with Crippen LogP contribution in [0.3, 0.4) is 0 Å². The van der Waals surface area contributed by atoms with E-state index in [4.69, 9.17) is 0 Å². The topological polar surface area (TPSA) is 8.17 Å². The molecule has 0 bridgehead atoms. The van der Waals surface area contributed by atoms with E-state index in [1.165, 1.54) is 77.4 Å². The summed E-state index contributed by atoms with van der Waals surface area (Å²) in [7, 11) is 0. The second-order valence-electron chi connectivity index (χ2n) is 16.4. The number of nitrogens with zero attached hydrogens (tertiary/aromatic N) is 2. The summed E-state index contributed by atoms with van der Waals surface area (Å²) in [5.74, 6) is 0.366. The molecule has 0 N–H and O–H groups in total. The highest BCUT2D eigenvalue weighted by molar-refractivity contribution is 8.00. The number of para-hydroxylation sites is 2. The molecule has 0 saturated carbocycles. The molecule has 3 aliphatic rings. The zero-order valence-electron chi connectivity index (χ0n) is 33.3. The molecule has 0 amide bonds. The maximum absolute atomic E-state index is 2.48. The van der Waals surface area contributed by atoms with Crippen LogP contribution in [0.15, 0.2) is 205 Å². The second-order valence-corrected chi connectivity index (χ2v) is 17.6. The first-order valence-electron chi connectivity index (χ1n) is 20.7. The molecule has 2 heterocycles. The minimum atomic E-state index is 0.0146. The minimum absolute atomic E-state index is 0.0146. The average Bonchev–Trinajstić information content (AvgIpc) is 3.79. The van der Waals surface area contributed by atoms with E-state index < -0.39 is 0 Å². The molecule has 2 nitrogen and oxygen atoms in total. The van der Waals surface area contributed by atoms with Crippen LogP contribution in [0.4, 0.5) is 17.1 Å². The summed E-state index contributed by atoms with van der Waals surface area (Å²) in [6.45, 7) is 4.76. The van der Waals surface area contributed by atoms with Gasteiger partial charge in [0.25, 0.3) is 0 Å². The molecule has 1 aromatic heterocycles. The average molecular weight is 777 g/mol. The first-order valence-corrected chi connectivity index (χ1v) is 21.6. The highest BCUT2D eigenvalue weighted by atomic mass is 32.2. The van der Waals surface area contributed by atoms with Crippen LogP contribution in [0.5, 0.6) is 0 Å². The van der Waals surface area contributed by atoms with E-state index in [2.05, 4.69) is 230 Å². The lowest BCUT2D eigenvalue weighted by Crippen LogP contribution is -2.28. The Hall–Kier alpha value is -6.55. The largest absolute Gasteiger partial charge is 0.313 e. The fraction of sp³-hybridized carbons (Fsp3) is 0.107. The fourth-order valence-electron chi connectivity index (χ4n) is 9.67. The fourth-order valence-corrected chi connectivity index (χ4v) is 11.2. The third kappa shape index (κ3) is 6.11. The summed E-state index contributed by atoms with van der Waals surface area (Å²) in [5.41, 5.74) is 17.6. The lowest BCUT2D eigenvalue weighted by Gasteiger charge is -2.29. The molecule has 3 heteroatoms. The Bertz CT molecular complexity index is 2950. The van der Waals surface area contributed by atoms with E-state index >= 15 is 0 Å².